The zero-order valence-electron chi connectivity index (χ0n) is 18.2. The lowest BCUT2D eigenvalue weighted by Crippen LogP contribution is -2.43. The van der Waals surface area contributed by atoms with Gasteiger partial charge >= 0.3 is 0 Å². The fourth-order valence-corrected chi connectivity index (χ4v) is 3.84. The SMILES string of the molecule is COc1ccc(OC[C@@H](C)NC(=O)CN(C)S(=O)(=O)c2ccc(OC)c(OC)c2)cc1. The van der Waals surface area contributed by atoms with Gasteiger partial charge in [0.05, 0.1) is 38.8 Å². The zero-order valence-corrected chi connectivity index (χ0v) is 19.1. The molecule has 0 aromatic heterocycles. The first-order valence-electron chi connectivity index (χ1n) is 9.45. The van der Waals surface area contributed by atoms with Crippen molar-refractivity contribution in [1.29, 1.82) is 0 Å². The Morgan fingerprint density at radius 3 is 2.16 bits per heavy atom. The third-order valence-corrected chi connectivity index (χ3v) is 6.20. The summed E-state index contributed by atoms with van der Waals surface area (Å²) < 4.78 is 47.6. The van der Waals surface area contributed by atoms with Gasteiger partial charge in [0.25, 0.3) is 0 Å². The van der Waals surface area contributed by atoms with E-state index in [9.17, 15) is 13.2 Å². The first kappa shape index (κ1) is 24.3. The molecule has 0 aliphatic rings. The molecule has 0 saturated carbocycles. The van der Waals surface area contributed by atoms with E-state index in [4.69, 9.17) is 18.9 Å². The van der Waals surface area contributed by atoms with Crippen molar-refractivity contribution in [2.45, 2.75) is 17.9 Å². The molecule has 0 aliphatic heterocycles. The highest BCUT2D eigenvalue weighted by molar-refractivity contribution is 7.89. The van der Waals surface area contributed by atoms with Crippen LogP contribution in [0.1, 0.15) is 6.92 Å². The molecule has 1 N–H and O–H groups in total. The Morgan fingerprint density at radius 1 is 0.968 bits per heavy atom. The average molecular weight is 453 g/mol. The third-order valence-electron chi connectivity index (χ3n) is 4.40. The van der Waals surface area contributed by atoms with Crippen molar-refractivity contribution < 1.29 is 32.2 Å². The van der Waals surface area contributed by atoms with E-state index in [1.807, 2.05) is 0 Å². The van der Waals surface area contributed by atoms with E-state index in [1.165, 1.54) is 39.5 Å². The van der Waals surface area contributed by atoms with Crippen LogP contribution < -0.4 is 24.3 Å². The van der Waals surface area contributed by atoms with Crippen LogP contribution in [0.4, 0.5) is 0 Å². The Hall–Kier alpha value is -2.98. The summed E-state index contributed by atoms with van der Waals surface area (Å²) in [7, 11) is 1.90. The standard InChI is InChI=1S/C21H28N2O7S/c1-15(14-30-17-8-6-16(27-3)7-9-17)22-21(24)13-23(2)31(25,26)18-10-11-19(28-4)20(12-18)29-5/h6-12,15H,13-14H2,1-5H3,(H,22,24)/t15-/m1/s1. The number of sulfonamides is 1. The molecule has 2 rings (SSSR count). The number of nitrogens with one attached hydrogen (secondary N) is 1. The van der Waals surface area contributed by atoms with Gasteiger partial charge in [-0.05, 0) is 43.3 Å². The Labute approximate surface area is 182 Å². The third kappa shape index (κ3) is 6.50. The second kappa shape index (κ2) is 10.9. The maximum Gasteiger partial charge on any atom is 0.243 e. The van der Waals surface area contributed by atoms with E-state index in [2.05, 4.69) is 5.32 Å². The number of methoxy groups -OCH3 is 3. The van der Waals surface area contributed by atoms with E-state index < -0.39 is 15.9 Å². The summed E-state index contributed by atoms with van der Waals surface area (Å²) >= 11 is 0. The molecule has 2 aromatic rings. The Bertz CT molecular complexity index is 978. The molecule has 31 heavy (non-hydrogen) atoms. The van der Waals surface area contributed by atoms with Crippen LogP contribution >= 0.6 is 0 Å². The molecule has 0 radical (unpaired) electrons. The highest BCUT2D eigenvalue weighted by Gasteiger charge is 2.25. The van der Waals surface area contributed by atoms with Crippen LogP contribution in [0.15, 0.2) is 47.4 Å². The molecular formula is C21H28N2O7S. The lowest BCUT2D eigenvalue weighted by atomic mass is 10.3. The molecular weight excluding hydrogens is 424 g/mol. The summed E-state index contributed by atoms with van der Waals surface area (Å²) in [5, 5.41) is 2.73. The van der Waals surface area contributed by atoms with Crippen LogP contribution in [-0.4, -0.2) is 66.2 Å². The van der Waals surface area contributed by atoms with E-state index in [-0.39, 0.29) is 29.8 Å². The van der Waals surface area contributed by atoms with E-state index >= 15 is 0 Å². The van der Waals surface area contributed by atoms with Gasteiger partial charge in [0, 0.05) is 13.1 Å². The Morgan fingerprint density at radius 2 is 1.58 bits per heavy atom. The number of carbonyl (C=O) groups is 1. The lowest BCUT2D eigenvalue weighted by molar-refractivity contribution is -0.121. The lowest BCUT2D eigenvalue weighted by Gasteiger charge is -2.20. The fraction of sp³-hybridized carbons (Fsp3) is 0.381. The molecule has 2 aromatic carbocycles. The summed E-state index contributed by atoms with van der Waals surface area (Å²) in [5.41, 5.74) is 0. The minimum Gasteiger partial charge on any atom is -0.497 e. The first-order chi connectivity index (χ1) is 14.7. The Balaban J connectivity index is 1.92. The topological polar surface area (TPSA) is 103 Å². The van der Waals surface area contributed by atoms with Gasteiger partial charge in [0.1, 0.15) is 18.1 Å². The molecule has 0 spiro atoms. The predicted octanol–water partition coefficient (Wildman–Crippen LogP) is 1.92. The van der Waals surface area contributed by atoms with Crippen LogP contribution in [0.3, 0.4) is 0 Å². The van der Waals surface area contributed by atoms with Crippen molar-refractivity contribution in [2.24, 2.45) is 0 Å². The number of ether oxygens (including phenoxy) is 4. The van der Waals surface area contributed by atoms with Gasteiger partial charge in [-0.1, -0.05) is 0 Å². The number of nitrogens with zero attached hydrogens (tertiary/aromatic N) is 1. The maximum absolute atomic E-state index is 12.8. The molecule has 0 saturated heterocycles. The molecule has 0 fully saturated rings. The number of amides is 1. The maximum atomic E-state index is 12.8. The molecule has 10 heteroatoms. The average Bonchev–Trinajstić information content (AvgIpc) is 2.77. The largest absolute Gasteiger partial charge is 0.497 e. The van der Waals surface area contributed by atoms with Gasteiger partial charge in [-0.25, -0.2) is 8.42 Å². The van der Waals surface area contributed by atoms with E-state index in [0.717, 1.165) is 4.31 Å². The van der Waals surface area contributed by atoms with Crippen LogP contribution in [0, 0.1) is 0 Å². The second-order valence-corrected chi connectivity index (χ2v) is 8.78. The van der Waals surface area contributed by atoms with Crippen molar-refractivity contribution >= 4 is 15.9 Å². The molecule has 1 atom stereocenters. The highest BCUT2D eigenvalue weighted by atomic mass is 32.2. The summed E-state index contributed by atoms with van der Waals surface area (Å²) in [5.74, 6) is 1.60. The van der Waals surface area contributed by atoms with E-state index in [0.29, 0.717) is 17.2 Å². The molecule has 170 valence electrons. The molecule has 0 aliphatic carbocycles. The highest BCUT2D eigenvalue weighted by Crippen LogP contribution is 2.30. The summed E-state index contributed by atoms with van der Waals surface area (Å²) in [6.45, 7) is 1.65. The molecule has 0 bridgehead atoms. The molecule has 9 nitrogen and oxygen atoms in total. The van der Waals surface area contributed by atoms with E-state index in [1.54, 1.807) is 38.3 Å². The zero-order chi connectivity index (χ0) is 23.0. The molecule has 0 heterocycles. The van der Waals surface area contributed by atoms with Gasteiger partial charge < -0.3 is 24.3 Å². The number of hydrogen-bond donors (Lipinski definition) is 1. The van der Waals surface area contributed by atoms with Crippen molar-refractivity contribution in [2.75, 3.05) is 41.5 Å². The number of carbonyl (C=O) groups excluding carboxylic acids is 1. The Kier molecular flexibility index (Phi) is 8.52. The van der Waals surface area contributed by atoms with Crippen LogP contribution in [0.5, 0.6) is 23.0 Å². The predicted molar refractivity (Wildman–Crippen MR) is 115 cm³/mol. The monoisotopic (exact) mass is 452 g/mol. The van der Waals surface area contributed by atoms with Gasteiger partial charge in [-0.15, -0.1) is 0 Å². The number of rotatable bonds is 11. The van der Waals surface area contributed by atoms with Crippen LogP contribution in [0.25, 0.3) is 0 Å². The van der Waals surface area contributed by atoms with Crippen LogP contribution in [-0.2, 0) is 14.8 Å². The van der Waals surface area contributed by atoms with Crippen molar-refractivity contribution in [3.8, 4) is 23.0 Å². The quantitative estimate of drug-likeness (QED) is 0.556. The smallest absolute Gasteiger partial charge is 0.243 e. The van der Waals surface area contributed by atoms with Gasteiger partial charge in [0.2, 0.25) is 15.9 Å². The van der Waals surface area contributed by atoms with Crippen molar-refractivity contribution in [1.82, 2.24) is 9.62 Å². The summed E-state index contributed by atoms with van der Waals surface area (Å²) in [4.78, 5) is 12.3. The number of hydrogen-bond acceptors (Lipinski definition) is 7. The molecule has 0 unspecified atom stereocenters. The number of likely N-dealkylation sites (N-methyl/N-ethyl adjacent to an activating group) is 1. The summed E-state index contributed by atoms with van der Waals surface area (Å²) in [6.07, 6.45) is 0. The van der Waals surface area contributed by atoms with Crippen molar-refractivity contribution in [3.05, 3.63) is 42.5 Å². The summed E-state index contributed by atoms with van der Waals surface area (Å²) in [6, 6.07) is 11.0. The normalized spacial score (nSPS) is 12.2. The first-order valence-corrected chi connectivity index (χ1v) is 10.9. The van der Waals surface area contributed by atoms with Gasteiger partial charge in [0.15, 0.2) is 11.5 Å². The minimum atomic E-state index is -3.90. The molecule has 1 amide bonds. The van der Waals surface area contributed by atoms with Gasteiger partial charge in [-0.3, -0.25) is 4.79 Å². The van der Waals surface area contributed by atoms with Crippen molar-refractivity contribution in [3.63, 3.8) is 0 Å². The van der Waals surface area contributed by atoms with Crippen LogP contribution in [0.2, 0.25) is 0 Å². The fourth-order valence-electron chi connectivity index (χ4n) is 2.70. The van der Waals surface area contributed by atoms with Gasteiger partial charge in [-0.2, -0.15) is 4.31 Å². The number of benzene rings is 2. The second-order valence-electron chi connectivity index (χ2n) is 6.73. The minimum absolute atomic E-state index is 0.00339.